The van der Waals surface area contributed by atoms with Crippen LogP contribution in [0, 0.1) is 5.92 Å². The molecule has 3 nitrogen and oxygen atoms in total. The second-order valence-corrected chi connectivity index (χ2v) is 6.42. The zero-order valence-corrected chi connectivity index (χ0v) is 13.4. The first kappa shape index (κ1) is 15.5. The third-order valence-electron chi connectivity index (χ3n) is 4.09. The lowest BCUT2D eigenvalue weighted by Gasteiger charge is -2.27. The number of carbonyl (C=O) groups is 1. The molecule has 23 heavy (non-hydrogen) atoms. The van der Waals surface area contributed by atoms with E-state index in [9.17, 15) is 9.90 Å². The van der Waals surface area contributed by atoms with E-state index in [0.717, 1.165) is 10.9 Å². The van der Waals surface area contributed by atoms with Crippen molar-refractivity contribution in [2.75, 3.05) is 0 Å². The van der Waals surface area contributed by atoms with Crippen LogP contribution in [0.1, 0.15) is 36.3 Å². The molecule has 1 heterocycles. The summed E-state index contributed by atoms with van der Waals surface area (Å²) < 4.78 is 0. The van der Waals surface area contributed by atoms with Crippen LogP contribution in [0.4, 0.5) is 0 Å². The van der Waals surface area contributed by atoms with Crippen molar-refractivity contribution in [3.63, 3.8) is 0 Å². The van der Waals surface area contributed by atoms with Gasteiger partial charge in [0.2, 0.25) is 0 Å². The number of H-pyrrole nitrogens is 1. The molecule has 0 aliphatic carbocycles. The number of carbonyl (C=O) groups excluding carboxylic acids is 1. The van der Waals surface area contributed by atoms with Crippen molar-refractivity contribution in [2.24, 2.45) is 5.92 Å². The fraction of sp³-hybridized carbons (Fsp3) is 0.250. The van der Waals surface area contributed by atoms with Crippen LogP contribution in [0.5, 0.6) is 0 Å². The molecule has 3 aromatic rings. The van der Waals surface area contributed by atoms with Crippen LogP contribution in [0.2, 0.25) is 0 Å². The fourth-order valence-corrected chi connectivity index (χ4v) is 3.04. The van der Waals surface area contributed by atoms with Gasteiger partial charge in [0, 0.05) is 11.1 Å². The molecule has 2 aromatic carbocycles. The molecule has 2 N–H and O–H groups in total. The minimum absolute atomic E-state index is 0.180. The zero-order valence-electron chi connectivity index (χ0n) is 13.4. The van der Waals surface area contributed by atoms with Crippen LogP contribution in [0.25, 0.3) is 10.9 Å². The minimum atomic E-state index is -1.55. The van der Waals surface area contributed by atoms with Crippen molar-refractivity contribution in [1.82, 2.24) is 4.98 Å². The average Bonchev–Trinajstić information content (AvgIpc) is 2.99. The number of rotatable bonds is 5. The minimum Gasteiger partial charge on any atom is -0.375 e. The van der Waals surface area contributed by atoms with Gasteiger partial charge in [0.15, 0.2) is 11.4 Å². The Morgan fingerprint density at radius 2 is 1.74 bits per heavy atom. The molecule has 0 aliphatic heterocycles. The third kappa shape index (κ3) is 2.92. The molecule has 0 bridgehead atoms. The van der Waals surface area contributed by atoms with E-state index in [2.05, 4.69) is 4.98 Å². The molecular weight excluding hydrogens is 286 g/mol. The lowest BCUT2D eigenvalue weighted by molar-refractivity contribution is 0.0164. The van der Waals surface area contributed by atoms with Gasteiger partial charge in [-0.15, -0.1) is 0 Å². The Balaban J connectivity index is 2.10. The predicted octanol–water partition coefficient (Wildman–Crippen LogP) is 4.28. The number of hydrogen-bond donors (Lipinski definition) is 2. The Hall–Kier alpha value is -2.39. The first-order valence-corrected chi connectivity index (χ1v) is 7.91. The number of aromatic nitrogens is 1. The Kier molecular flexibility index (Phi) is 4.05. The summed E-state index contributed by atoms with van der Waals surface area (Å²) in [7, 11) is 0. The Morgan fingerprint density at radius 3 is 2.39 bits per heavy atom. The maximum atomic E-state index is 13.0. The van der Waals surface area contributed by atoms with Crippen LogP contribution in [0.15, 0.2) is 60.7 Å². The first-order chi connectivity index (χ1) is 11.0. The quantitative estimate of drug-likeness (QED) is 0.691. The maximum absolute atomic E-state index is 13.0. The molecule has 0 spiro atoms. The van der Waals surface area contributed by atoms with E-state index in [1.165, 1.54) is 0 Å². The van der Waals surface area contributed by atoms with Crippen molar-refractivity contribution in [3.8, 4) is 0 Å². The number of nitrogens with one attached hydrogen (secondary N) is 1. The van der Waals surface area contributed by atoms with Gasteiger partial charge >= 0.3 is 0 Å². The van der Waals surface area contributed by atoms with Gasteiger partial charge in [0.1, 0.15) is 0 Å². The van der Waals surface area contributed by atoms with Crippen molar-refractivity contribution in [3.05, 3.63) is 71.9 Å². The van der Waals surface area contributed by atoms with Gasteiger partial charge < -0.3 is 10.1 Å². The molecule has 0 radical (unpaired) electrons. The highest BCUT2D eigenvalue weighted by Crippen LogP contribution is 2.33. The molecule has 0 saturated heterocycles. The molecule has 1 atom stereocenters. The Bertz CT molecular complexity index is 787. The monoisotopic (exact) mass is 307 g/mol. The second-order valence-electron chi connectivity index (χ2n) is 6.42. The van der Waals surface area contributed by atoms with Crippen molar-refractivity contribution in [1.29, 1.82) is 0 Å². The molecule has 0 aliphatic rings. The van der Waals surface area contributed by atoms with Gasteiger partial charge in [0.25, 0.3) is 0 Å². The summed E-state index contributed by atoms with van der Waals surface area (Å²) in [5.74, 6) is -0.0857. The van der Waals surface area contributed by atoms with E-state index in [4.69, 9.17) is 0 Å². The molecule has 3 heteroatoms. The molecule has 1 unspecified atom stereocenters. The Labute approximate surface area is 136 Å². The van der Waals surface area contributed by atoms with Crippen LogP contribution in [-0.2, 0) is 5.60 Å². The largest absolute Gasteiger partial charge is 0.375 e. The molecule has 118 valence electrons. The smallest absolute Gasteiger partial charge is 0.200 e. The van der Waals surface area contributed by atoms with Gasteiger partial charge in [-0.05, 0) is 29.9 Å². The maximum Gasteiger partial charge on any atom is 0.200 e. The second kappa shape index (κ2) is 6.01. The number of ketones is 1. The lowest BCUT2D eigenvalue weighted by Crippen LogP contribution is -2.37. The highest BCUT2D eigenvalue weighted by molar-refractivity contribution is 6.03. The summed E-state index contributed by atoms with van der Waals surface area (Å²) >= 11 is 0. The number of aromatic amines is 1. The zero-order chi connectivity index (χ0) is 16.4. The van der Waals surface area contributed by atoms with Crippen LogP contribution < -0.4 is 0 Å². The summed E-state index contributed by atoms with van der Waals surface area (Å²) in [6, 6.07) is 18.7. The number of benzene rings is 2. The highest BCUT2D eigenvalue weighted by atomic mass is 16.3. The molecule has 0 amide bonds. The first-order valence-electron chi connectivity index (χ1n) is 7.91. The van der Waals surface area contributed by atoms with Crippen molar-refractivity contribution in [2.45, 2.75) is 25.9 Å². The topological polar surface area (TPSA) is 53.1 Å². The normalized spacial score (nSPS) is 14.1. The molecular formula is C20H21NO2. The van der Waals surface area contributed by atoms with E-state index in [-0.39, 0.29) is 11.7 Å². The van der Waals surface area contributed by atoms with E-state index in [0.29, 0.717) is 17.7 Å². The van der Waals surface area contributed by atoms with Crippen molar-refractivity contribution >= 4 is 16.7 Å². The van der Waals surface area contributed by atoms with Gasteiger partial charge in [-0.3, -0.25) is 4.79 Å². The van der Waals surface area contributed by atoms with E-state index < -0.39 is 5.60 Å². The van der Waals surface area contributed by atoms with Crippen LogP contribution in [-0.4, -0.2) is 15.9 Å². The van der Waals surface area contributed by atoms with Crippen molar-refractivity contribution < 1.29 is 9.90 Å². The van der Waals surface area contributed by atoms with E-state index in [1.54, 1.807) is 12.1 Å². The van der Waals surface area contributed by atoms with E-state index in [1.807, 2.05) is 62.4 Å². The van der Waals surface area contributed by atoms with Crippen LogP contribution >= 0.6 is 0 Å². The molecule has 3 rings (SSSR count). The average molecular weight is 307 g/mol. The summed E-state index contributed by atoms with van der Waals surface area (Å²) in [6.07, 6.45) is 0.369. The number of Topliss-reactive ketones (excluding diaryl/α,β-unsaturated/α-hetero) is 1. The standard InChI is InChI=1S/C20H21NO2/c1-14(2)13-20(23,19(22)15-8-4-3-5-9-15)18-12-16-10-6-7-11-17(16)21-18/h3-12,14,21,23H,13H2,1-2H3. The van der Waals surface area contributed by atoms with Gasteiger partial charge in [-0.25, -0.2) is 0 Å². The molecule has 1 aromatic heterocycles. The molecule has 0 saturated carbocycles. The fourth-order valence-electron chi connectivity index (χ4n) is 3.04. The summed E-state index contributed by atoms with van der Waals surface area (Å²) in [5.41, 5.74) is 0.454. The van der Waals surface area contributed by atoms with Crippen LogP contribution in [0.3, 0.4) is 0 Å². The summed E-state index contributed by atoms with van der Waals surface area (Å²) in [6.45, 7) is 4.01. The third-order valence-corrected chi connectivity index (χ3v) is 4.09. The van der Waals surface area contributed by atoms with Gasteiger partial charge in [-0.1, -0.05) is 62.4 Å². The predicted molar refractivity (Wildman–Crippen MR) is 92.4 cm³/mol. The summed E-state index contributed by atoms with van der Waals surface area (Å²) in [5, 5.41) is 12.3. The number of fused-ring (bicyclic) bond motifs is 1. The lowest BCUT2D eigenvalue weighted by atomic mass is 9.83. The van der Waals surface area contributed by atoms with E-state index >= 15 is 0 Å². The highest BCUT2D eigenvalue weighted by Gasteiger charge is 2.40. The SMILES string of the molecule is CC(C)CC(O)(C(=O)c1ccccc1)c1cc2ccccc2[nH]1. The summed E-state index contributed by atoms with van der Waals surface area (Å²) in [4.78, 5) is 16.2. The Morgan fingerprint density at radius 1 is 1.09 bits per heavy atom. The number of hydrogen-bond acceptors (Lipinski definition) is 2. The molecule has 0 fully saturated rings. The van der Waals surface area contributed by atoms with Gasteiger partial charge in [0.05, 0.1) is 5.69 Å². The van der Waals surface area contributed by atoms with Gasteiger partial charge in [-0.2, -0.15) is 0 Å². The number of aliphatic hydroxyl groups is 1. The number of para-hydroxylation sites is 1.